The van der Waals surface area contributed by atoms with Gasteiger partial charge in [-0.3, -0.25) is 12.9 Å². The van der Waals surface area contributed by atoms with Crippen LogP contribution in [0.1, 0.15) is 0 Å². The van der Waals surface area contributed by atoms with Gasteiger partial charge < -0.3 is 14.5 Å². The molecule has 1 N–H and O–H groups in total. The SMILES string of the molecule is O=[C-]O.[Ca+2].[O-]S. The Labute approximate surface area is 71.0 Å². The second-order valence-electron chi connectivity index (χ2n) is 0.0913. The molecule has 0 unspecified atom stereocenters. The number of hydrogen-bond acceptors (Lipinski definition) is 3. The van der Waals surface area contributed by atoms with E-state index >= 15 is 0 Å². The van der Waals surface area contributed by atoms with E-state index in [1.807, 2.05) is 0 Å². The van der Waals surface area contributed by atoms with Crippen LogP contribution >= 0.6 is 12.9 Å². The van der Waals surface area contributed by atoms with Crippen LogP contribution in [0.15, 0.2) is 0 Å². The summed E-state index contributed by atoms with van der Waals surface area (Å²) in [4.78, 5) is 8.24. The summed E-state index contributed by atoms with van der Waals surface area (Å²) >= 11 is 2.28. The number of rotatable bonds is 0. The van der Waals surface area contributed by atoms with Crippen molar-refractivity contribution in [1.29, 1.82) is 0 Å². The van der Waals surface area contributed by atoms with Crippen molar-refractivity contribution in [3.8, 4) is 0 Å². The van der Waals surface area contributed by atoms with E-state index in [-0.39, 0.29) is 37.7 Å². The van der Waals surface area contributed by atoms with Crippen LogP contribution in [0, 0.1) is 0 Å². The van der Waals surface area contributed by atoms with E-state index in [2.05, 4.69) is 12.9 Å². The van der Waals surface area contributed by atoms with Gasteiger partial charge in [-0.15, -0.1) is 0 Å². The van der Waals surface area contributed by atoms with Gasteiger partial charge in [-0.2, -0.15) is 0 Å². The van der Waals surface area contributed by atoms with E-state index in [9.17, 15) is 0 Å². The first-order chi connectivity index (χ1) is 2.41. The quantitative estimate of drug-likeness (QED) is 0.199. The molecule has 0 saturated heterocycles. The molecule has 5 heteroatoms. The van der Waals surface area contributed by atoms with Gasteiger partial charge in [0.25, 0.3) is 0 Å². The molecular formula is CH2CaO3S. The Kier molecular flexibility index (Phi) is 96.7. The average Bonchev–Trinajstić information content (AvgIpc) is 1.46. The fourth-order valence-corrected chi connectivity index (χ4v) is 0. The first-order valence-corrected chi connectivity index (χ1v) is 0.975. The topological polar surface area (TPSA) is 60.4 Å². The summed E-state index contributed by atoms with van der Waals surface area (Å²) in [7, 11) is 0. The van der Waals surface area contributed by atoms with E-state index in [0.29, 0.717) is 6.47 Å². The third-order valence-electron chi connectivity index (χ3n) is 0. The summed E-state index contributed by atoms with van der Waals surface area (Å²) in [6.07, 6.45) is 0. The number of hydrogen-bond donors (Lipinski definition) is 2. The zero-order valence-electron chi connectivity index (χ0n) is 2.92. The van der Waals surface area contributed by atoms with Gasteiger partial charge in [-0.1, -0.05) is 6.47 Å². The summed E-state index contributed by atoms with van der Waals surface area (Å²) in [5, 5.41) is 6.76. The van der Waals surface area contributed by atoms with Gasteiger partial charge in [-0.25, -0.2) is 0 Å². The molecular weight excluding hydrogens is 132 g/mol. The minimum absolute atomic E-state index is 0. The summed E-state index contributed by atoms with van der Waals surface area (Å²) < 4.78 is 7.94. The van der Waals surface area contributed by atoms with E-state index < -0.39 is 0 Å². The molecule has 0 aliphatic rings. The molecule has 0 atom stereocenters. The number of aliphatic hydroxyl groups excluding tert-OH is 1. The van der Waals surface area contributed by atoms with Gasteiger partial charge in [0.1, 0.15) is 0 Å². The Bertz CT molecular complexity index is 18.3. The maximum absolute atomic E-state index is 8.24. The Hall–Kier alpha value is 1.04. The van der Waals surface area contributed by atoms with Crippen LogP contribution in [0.25, 0.3) is 0 Å². The van der Waals surface area contributed by atoms with Crippen LogP contribution in [-0.4, -0.2) is 53.9 Å². The monoisotopic (exact) mass is 134 g/mol. The van der Waals surface area contributed by atoms with Crippen LogP contribution in [-0.2, 0) is 4.79 Å². The molecule has 0 aliphatic carbocycles. The molecule has 0 bridgehead atoms. The fraction of sp³-hybridized carbons (Fsp3) is 0. The maximum atomic E-state index is 8.24. The molecule has 0 spiro atoms. The minimum Gasteiger partial charge on any atom is -0.802 e. The Morgan fingerprint density at radius 1 is 1.67 bits per heavy atom. The average molecular weight is 134 g/mol. The van der Waals surface area contributed by atoms with E-state index in [1.165, 1.54) is 0 Å². The summed E-state index contributed by atoms with van der Waals surface area (Å²) in [5.74, 6) is 0. The third kappa shape index (κ3) is 76.1. The van der Waals surface area contributed by atoms with Crippen LogP contribution in [0.3, 0.4) is 0 Å². The van der Waals surface area contributed by atoms with Crippen molar-refractivity contribution in [3.05, 3.63) is 0 Å². The molecule has 0 heterocycles. The smallest absolute Gasteiger partial charge is 0.802 e. The molecule has 0 fully saturated rings. The van der Waals surface area contributed by atoms with Crippen molar-refractivity contribution >= 4 is 57.1 Å². The van der Waals surface area contributed by atoms with Crippen LogP contribution in [0.5, 0.6) is 0 Å². The van der Waals surface area contributed by atoms with E-state index in [1.54, 1.807) is 0 Å². The molecule has 0 rings (SSSR count). The molecule has 0 aliphatic heterocycles. The van der Waals surface area contributed by atoms with Gasteiger partial charge >= 0.3 is 37.7 Å². The molecule has 0 aromatic heterocycles. The van der Waals surface area contributed by atoms with Crippen molar-refractivity contribution in [2.75, 3.05) is 0 Å². The maximum Gasteiger partial charge on any atom is 2.00 e. The fourth-order valence-electron chi connectivity index (χ4n) is 0. The largest absolute Gasteiger partial charge is 2.00 e. The third-order valence-corrected chi connectivity index (χ3v) is 0. The van der Waals surface area contributed by atoms with Gasteiger partial charge in [0.15, 0.2) is 0 Å². The molecule has 3 nitrogen and oxygen atoms in total. The van der Waals surface area contributed by atoms with Crippen molar-refractivity contribution < 1.29 is 14.5 Å². The van der Waals surface area contributed by atoms with Crippen molar-refractivity contribution in [2.45, 2.75) is 0 Å². The van der Waals surface area contributed by atoms with Gasteiger partial charge in [0, 0.05) is 0 Å². The molecule has 32 valence electrons. The Morgan fingerprint density at radius 3 is 1.67 bits per heavy atom. The van der Waals surface area contributed by atoms with Gasteiger partial charge in [-0.05, 0) is 0 Å². The van der Waals surface area contributed by atoms with Crippen molar-refractivity contribution in [2.24, 2.45) is 0 Å². The Balaban J connectivity index is -0.0000000275. The minimum atomic E-state index is 0. The zero-order valence-corrected chi connectivity index (χ0v) is 6.02. The summed E-state index contributed by atoms with van der Waals surface area (Å²) in [6, 6.07) is 0. The zero-order chi connectivity index (χ0) is 4.71. The van der Waals surface area contributed by atoms with Gasteiger partial charge in [0.2, 0.25) is 0 Å². The van der Waals surface area contributed by atoms with Gasteiger partial charge in [0.05, 0.1) is 0 Å². The summed E-state index contributed by atoms with van der Waals surface area (Å²) in [5.41, 5.74) is 0. The van der Waals surface area contributed by atoms with Crippen molar-refractivity contribution in [1.82, 2.24) is 0 Å². The molecule has 0 amide bonds. The van der Waals surface area contributed by atoms with Crippen LogP contribution in [0.4, 0.5) is 0 Å². The predicted molar refractivity (Wildman–Crippen MR) is 23.8 cm³/mol. The number of thiol groups is 1. The van der Waals surface area contributed by atoms with Crippen LogP contribution in [0.2, 0.25) is 0 Å². The van der Waals surface area contributed by atoms with Crippen LogP contribution < -0.4 is 0 Å². The Morgan fingerprint density at radius 2 is 1.67 bits per heavy atom. The first kappa shape index (κ1) is 15.7. The molecule has 6 heavy (non-hydrogen) atoms. The standard InChI is InChI=1S/CHO2.Ca.H2OS/c2-1-3;;1-2/h(H,2,3);;1-2H/q-1;+2;/p-1. The van der Waals surface area contributed by atoms with E-state index in [4.69, 9.17) is 14.5 Å². The second-order valence-corrected chi connectivity index (χ2v) is 0.0913. The normalized spacial score (nSPS) is 3.00. The predicted octanol–water partition coefficient (Wildman–Crippen LogP) is -0.723. The molecule has 0 saturated carbocycles. The van der Waals surface area contributed by atoms with Crippen molar-refractivity contribution in [3.63, 3.8) is 0 Å². The summed E-state index contributed by atoms with van der Waals surface area (Å²) in [6.45, 7) is 0.500. The molecule has 0 radical (unpaired) electrons. The molecule has 0 aromatic carbocycles. The first-order valence-electron chi connectivity index (χ1n) is 0.610. The molecule has 0 aromatic rings. The van der Waals surface area contributed by atoms with E-state index in [0.717, 1.165) is 0 Å². The second kappa shape index (κ2) is 36.9.